The summed E-state index contributed by atoms with van der Waals surface area (Å²) in [7, 11) is 0. The molecule has 0 saturated carbocycles. The van der Waals surface area contributed by atoms with Crippen LogP contribution in [0.15, 0.2) is 42.2 Å². The molecule has 2 heterocycles. The number of aromatic nitrogens is 1. The quantitative estimate of drug-likeness (QED) is 0.740. The Kier molecular flexibility index (Phi) is 2.89. The smallest absolute Gasteiger partial charge is 0.0463 e. The normalized spacial score (nSPS) is 30.2. The van der Waals surface area contributed by atoms with E-state index in [-0.39, 0.29) is 35.6 Å². The zero-order chi connectivity index (χ0) is 13.7. The van der Waals surface area contributed by atoms with E-state index in [9.17, 15) is 0 Å². The van der Waals surface area contributed by atoms with E-state index in [1.165, 1.54) is 34.5 Å². The molecule has 2 nitrogen and oxygen atoms in total. The van der Waals surface area contributed by atoms with Gasteiger partial charge in [0.1, 0.15) is 0 Å². The maximum absolute atomic E-state index is 3.70. The van der Waals surface area contributed by atoms with Gasteiger partial charge in [-0.05, 0) is 47.2 Å². The number of H-pyrrole nitrogens is 1. The van der Waals surface area contributed by atoms with E-state index in [1.807, 2.05) is 0 Å². The molecular formula is C19H18Cl2N2. The van der Waals surface area contributed by atoms with Gasteiger partial charge in [0.05, 0.1) is 0 Å². The van der Waals surface area contributed by atoms with Crippen LogP contribution in [0.5, 0.6) is 0 Å². The first kappa shape index (κ1) is 14.9. The molecule has 4 bridgehead atoms. The van der Waals surface area contributed by atoms with Crippen LogP contribution in [0.1, 0.15) is 34.4 Å². The molecule has 1 saturated heterocycles. The van der Waals surface area contributed by atoms with Gasteiger partial charge in [0.2, 0.25) is 0 Å². The van der Waals surface area contributed by atoms with Crippen molar-refractivity contribution in [2.45, 2.75) is 18.3 Å². The fraction of sp³-hybridized carbons (Fsp3) is 0.263. The van der Waals surface area contributed by atoms with Crippen molar-refractivity contribution >= 4 is 37.0 Å². The summed E-state index contributed by atoms with van der Waals surface area (Å²) in [5.74, 6) is 0. The molecule has 0 radical (unpaired) electrons. The fourth-order valence-electron chi connectivity index (χ4n) is 5.52. The molecule has 1 fully saturated rings. The lowest BCUT2D eigenvalue weighted by atomic mass is 9.51. The number of benzene rings is 1. The molecule has 6 rings (SSSR count). The summed E-state index contributed by atoms with van der Waals surface area (Å²) in [6.07, 6.45) is 11.7. The van der Waals surface area contributed by atoms with Gasteiger partial charge in [-0.3, -0.25) is 0 Å². The lowest BCUT2D eigenvalue weighted by molar-refractivity contribution is 0.221. The molecule has 3 aliphatic carbocycles. The van der Waals surface area contributed by atoms with Crippen LogP contribution in [0.3, 0.4) is 0 Å². The van der Waals surface area contributed by atoms with Gasteiger partial charge in [0.25, 0.3) is 0 Å². The Morgan fingerprint density at radius 1 is 1.09 bits per heavy atom. The third kappa shape index (κ3) is 1.35. The van der Waals surface area contributed by atoms with Gasteiger partial charge in [-0.1, -0.05) is 30.3 Å². The maximum Gasteiger partial charge on any atom is 0.0463 e. The summed E-state index contributed by atoms with van der Waals surface area (Å²) in [6, 6.07) is 8.98. The molecule has 4 aliphatic rings. The van der Waals surface area contributed by atoms with Crippen molar-refractivity contribution < 1.29 is 0 Å². The van der Waals surface area contributed by atoms with Gasteiger partial charge in [-0.25, -0.2) is 0 Å². The Morgan fingerprint density at radius 2 is 1.96 bits per heavy atom. The third-order valence-corrected chi connectivity index (χ3v) is 6.20. The van der Waals surface area contributed by atoms with Crippen molar-refractivity contribution in [1.29, 1.82) is 0 Å². The van der Waals surface area contributed by atoms with Crippen LogP contribution in [0.25, 0.3) is 12.2 Å². The Balaban J connectivity index is 0.000000676. The van der Waals surface area contributed by atoms with E-state index in [0.29, 0.717) is 0 Å². The first-order valence-electron chi connectivity index (χ1n) is 7.81. The van der Waals surface area contributed by atoms with Crippen LogP contribution in [-0.2, 0) is 11.8 Å². The van der Waals surface area contributed by atoms with Crippen molar-refractivity contribution in [3.05, 3.63) is 70.2 Å². The summed E-state index contributed by atoms with van der Waals surface area (Å²) in [5.41, 5.74) is 9.04. The zero-order valence-electron chi connectivity index (χ0n) is 12.6. The topological polar surface area (TPSA) is 27.8 Å². The molecule has 118 valence electrons. The van der Waals surface area contributed by atoms with Gasteiger partial charge in [-0.15, -0.1) is 24.8 Å². The minimum atomic E-state index is 0. The second kappa shape index (κ2) is 4.46. The molecule has 4 heteroatoms. The number of fused-ring (bicyclic) bond motifs is 1. The van der Waals surface area contributed by atoms with Crippen molar-refractivity contribution in [3.63, 3.8) is 0 Å². The molecule has 2 unspecified atom stereocenters. The van der Waals surface area contributed by atoms with Crippen molar-refractivity contribution in [2.75, 3.05) is 6.54 Å². The molecular weight excluding hydrogens is 327 g/mol. The van der Waals surface area contributed by atoms with E-state index < -0.39 is 0 Å². The number of hydrogen-bond donors (Lipinski definition) is 2. The first-order chi connectivity index (χ1) is 10.4. The highest BCUT2D eigenvalue weighted by molar-refractivity contribution is 5.85. The predicted octanol–water partition coefficient (Wildman–Crippen LogP) is 4.06. The molecule has 1 aliphatic heterocycles. The minimum Gasteiger partial charge on any atom is -0.388 e. The van der Waals surface area contributed by atoms with Crippen molar-refractivity contribution in [3.8, 4) is 0 Å². The van der Waals surface area contributed by atoms with Gasteiger partial charge >= 0.3 is 0 Å². The summed E-state index contributed by atoms with van der Waals surface area (Å²) in [6.45, 7) is 1.07. The van der Waals surface area contributed by atoms with Crippen molar-refractivity contribution in [2.24, 2.45) is 5.41 Å². The van der Waals surface area contributed by atoms with Gasteiger partial charge in [0, 0.05) is 35.0 Å². The lowest BCUT2D eigenvalue weighted by Crippen LogP contribution is -2.55. The van der Waals surface area contributed by atoms with E-state index in [4.69, 9.17) is 0 Å². The van der Waals surface area contributed by atoms with Crippen LogP contribution in [0.2, 0.25) is 0 Å². The Morgan fingerprint density at radius 3 is 2.87 bits per heavy atom. The first-order valence-corrected chi connectivity index (χ1v) is 7.81. The number of halogens is 2. The highest BCUT2D eigenvalue weighted by atomic mass is 35.5. The third-order valence-electron chi connectivity index (χ3n) is 6.20. The monoisotopic (exact) mass is 344 g/mol. The standard InChI is InChI=1S/C19H16N2.2ClH/c1-2-4-14-12(3-1)9-16-18-6-5-15-17(13(10-18)11-21-15)19(14,18)7-8-20-16;;/h1-6,9,11,20-21H,7-8,10H2;2*1H. The van der Waals surface area contributed by atoms with Gasteiger partial charge < -0.3 is 10.3 Å². The molecule has 1 aromatic heterocycles. The Hall–Kier alpha value is -1.64. The number of piperidine rings is 1. The molecule has 2 aromatic rings. The summed E-state index contributed by atoms with van der Waals surface area (Å²) in [4.78, 5) is 3.50. The molecule has 0 spiro atoms. The molecule has 1 aromatic carbocycles. The number of hydrogen-bond acceptors (Lipinski definition) is 1. The Bertz CT molecular complexity index is 879. The highest BCUT2D eigenvalue weighted by Gasteiger charge is 2.64. The largest absolute Gasteiger partial charge is 0.388 e. The SMILES string of the molecule is C1=CC23Cc4c[nH]c1c4C21CCNC3=Cc2ccccc21.Cl.Cl. The average Bonchev–Trinajstić information content (AvgIpc) is 2.97. The summed E-state index contributed by atoms with van der Waals surface area (Å²) >= 11 is 0. The lowest BCUT2D eigenvalue weighted by Gasteiger charge is -2.55. The van der Waals surface area contributed by atoms with Crippen LogP contribution in [0.4, 0.5) is 0 Å². The zero-order valence-corrected chi connectivity index (χ0v) is 14.2. The second-order valence-electron chi connectivity index (χ2n) is 6.81. The number of nitrogens with one attached hydrogen (secondary N) is 2. The van der Waals surface area contributed by atoms with Gasteiger partial charge in [-0.2, -0.15) is 0 Å². The van der Waals surface area contributed by atoms with Crippen LogP contribution in [0, 0.1) is 5.41 Å². The summed E-state index contributed by atoms with van der Waals surface area (Å²) < 4.78 is 0. The summed E-state index contributed by atoms with van der Waals surface area (Å²) in [5, 5.41) is 3.70. The highest BCUT2D eigenvalue weighted by Crippen LogP contribution is 2.67. The van der Waals surface area contributed by atoms with Crippen LogP contribution in [-0.4, -0.2) is 11.5 Å². The number of rotatable bonds is 0. The predicted molar refractivity (Wildman–Crippen MR) is 98.3 cm³/mol. The number of allylic oxidation sites excluding steroid dienone is 1. The van der Waals surface area contributed by atoms with E-state index >= 15 is 0 Å². The maximum atomic E-state index is 3.70. The molecule has 2 atom stereocenters. The number of aromatic amines is 1. The van der Waals surface area contributed by atoms with E-state index in [2.05, 4.69) is 59.0 Å². The molecule has 23 heavy (non-hydrogen) atoms. The fourth-order valence-corrected chi connectivity index (χ4v) is 5.52. The van der Waals surface area contributed by atoms with Crippen LogP contribution < -0.4 is 5.32 Å². The molecule has 2 N–H and O–H groups in total. The Labute approximate surface area is 147 Å². The van der Waals surface area contributed by atoms with E-state index in [1.54, 1.807) is 5.56 Å². The average molecular weight is 345 g/mol. The minimum absolute atomic E-state index is 0. The second-order valence-corrected chi connectivity index (χ2v) is 6.81. The van der Waals surface area contributed by atoms with Crippen molar-refractivity contribution in [1.82, 2.24) is 10.3 Å². The van der Waals surface area contributed by atoms with Crippen LogP contribution >= 0.6 is 24.8 Å². The molecule has 0 amide bonds. The van der Waals surface area contributed by atoms with E-state index in [0.717, 1.165) is 13.0 Å². The van der Waals surface area contributed by atoms with Gasteiger partial charge in [0.15, 0.2) is 0 Å².